The van der Waals surface area contributed by atoms with Gasteiger partial charge in [-0.25, -0.2) is 9.97 Å². The number of carbonyl (C=O) groups excluding carboxylic acids is 1. The van der Waals surface area contributed by atoms with Crippen LogP contribution in [0.25, 0.3) is 11.3 Å². The molecule has 0 aliphatic carbocycles. The highest BCUT2D eigenvalue weighted by molar-refractivity contribution is 5.76. The van der Waals surface area contributed by atoms with Crippen molar-refractivity contribution in [2.45, 2.75) is 6.92 Å². The third-order valence-corrected chi connectivity index (χ3v) is 2.36. The summed E-state index contributed by atoms with van der Waals surface area (Å²) >= 11 is 0. The highest BCUT2D eigenvalue weighted by Gasteiger charge is 2.08. The second kappa shape index (κ2) is 4.74. The smallest absolute Gasteiger partial charge is 0.168 e. The Morgan fingerprint density at radius 3 is 2.71 bits per heavy atom. The second-order valence-electron chi connectivity index (χ2n) is 3.54. The number of benzene rings is 1. The summed E-state index contributed by atoms with van der Waals surface area (Å²) in [5.74, 6) is 1.29. The molecule has 1 heterocycles. The number of aromatic nitrogens is 2. The number of hydrogen-bond donors (Lipinski definition) is 0. The van der Waals surface area contributed by atoms with Gasteiger partial charge in [0.2, 0.25) is 0 Å². The normalized spacial score (nSPS) is 10.0. The molecule has 0 amide bonds. The summed E-state index contributed by atoms with van der Waals surface area (Å²) in [6.07, 6.45) is 0.716. The van der Waals surface area contributed by atoms with Crippen molar-refractivity contribution in [3.8, 4) is 17.0 Å². The predicted octanol–water partition coefficient (Wildman–Crippen LogP) is 2.27. The van der Waals surface area contributed by atoms with Crippen LogP contribution in [0.15, 0.2) is 30.3 Å². The van der Waals surface area contributed by atoms with Gasteiger partial charge in [-0.1, -0.05) is 12.1 Å². The van der Waals surface area contributed by atoms with E-state index in [0.717, 1.165) is 11.3 Å². The van der Waals surface area contributed by atoms with E-state index in [9.17, 15) is 4.79 Å². The Hall–Kier alpha value is -2.23. The van der Waals surface area contributed by atoms with E-state index in [2.05, 4.69) is 9.97 Å². The Balaban J connectivity index is 2.59. The number of aldehydes is 1. The maximum Gasteiger partial charge on any atom is 0.168 e. The summed E-state index contributed by atoms with van der Waals surface area (Å²) in [7, 11) is 1.60. The Bertz CT molecular complexity index is 553. The molecule has 2 aromatic rings. The standard InChI is InChI=1S/C13H12N2O2/c1-9-14-10(8-16)7-12(15-9)11-5-3-4-6-13(11)17-2/h3-8H,1-2H3. The van der Waals surface area contributed by atoms with Crippen LogP contribution in [0.4, 0.5) is 0 Å². The molecule has 2 rings (SSSR count). The fraction of sp³-hybridized carbons (Fsp3) is 0.154. The van der Waals surface area contributed by atoms with Crippen molar-refractivity contribution in [3.63, 3.8) is 0 Å². The molecule has 0 atom stereocenters. The number of hydrogen-bond acceptors (Lipinski definition) is 4. The van der Waals surface area contributed by atoms with Crippen molar-refractivity contribution in [2.24, 2.45) is 0 Å². The predicted molar refractivity (Wildman–Crippen MR) is 64.1 cm³/mol. The Labute approximate surface area is 99.3 Å². The molecule has 86 valence electrons. The molecule has 4 heteroatoms. The van der Waals surface area contributed by atoms with Gasteiger partial charge in [-0.15, -0.1) is 0 Å². The monoisotopic (exact) mass is 228 g/mol. The van der Waals surface area contributed by atoms with E-state index in [1.165, 1.54) is 0 Å². The highest BCUT2D eigenvalue weighted by atomic mass is 16.5. The van der Waals surface area contributed by atoms with Crippen LogP contribution in [0.5, 0.6) is 5.75 Å². The average molecular weight is 228 g/mol. The van der Waals surface area contributed by atoms with Crippen LogP contribution in [0.1, 0.15) is 16.3 Å². The van der Waals surface area contributed by atoms with Crippen LogP contribution in [-0.4, -0.2) is 23.4 Å². The molecule has 0 unspecified atom stereocenters. The minimum atomic E-state index is 0.374. The molecule has 0 saturated heterocycles. The maximum absolute atomic E-state index is 10.8. The first-order chi connectivity index (χ1) is 8.24. The van der Waals surface area contributed by atoms with Crippen molar-refractivity contribution in [3.05, 3.63) is 41.9 Å². The van der Waals surface area contributed by atoms with E-state index < -0.39 is 0 Å². The van der Waals surface area contributed by atoms with Gasteiger partial charge in [0, 0.05) is 5.56 Å². The lowest BCUT2D eigenvalue weighted by Crippen LogP contribution is -1.97. The third kappa shape index (κ3) is 2.30. The fourth-order valence-electron chi connectivity index (χ4n) is 1.65. The van der Waals surface area contributed by atoms with Crippen LogP contribution in [-0.2, 0) is 0 Å². The van der Waals surface area contributed by atoms with Gasteiger partial charge in [0.25, 0.3) is 0 Å². The lowest BCUT2D eigenvalue weighted by Gasteiger charge is -2.08. The van der Waals surface area contributed by atoms with Gasteiger partial charge in [-0.05, 0) is 25.1 Å². The van der Waals surface area contributed by atoms with Crippen molar-refractivity contribution in [2.75, 3.05) is 7.11 Å². The molecule has 0 spiro atoms. The molecule has 0 saturated carbocycles. The van der Waals surface area contributed by atoms with Crippen LogP contribution in [0.2, 0.25) is 0 Å². The van der Waals surface area contributed by atoms with Crippen molar-refractivity contribution < 1.29 is 9.53 Å². The lowest BCUT2D eigenvalue weighted by atomic mass is 10.1. The number of methoxy groups -OCH3 is 1. The summed E-state index contributed by atoms with van der Waals surface area (Å²) < 4.78 is 5.26. The molecule has 0 fully saturated rings. The second-order valence-corrected chi connectivity index (χ2v) is 3.54. The van der Waals surface area contributed by atoms with Crippen molar-refractivity contribution in [1.29, 1.82) is 0 Å². The molecular formula is C13H12N2O2. The van der Waals surface area contributed by atoms with Gasteiger partial charge in [0.15, 0.2) is 6.29 Å². The minimum absolute atomic E-state index is 0.374. The van der Waals surface area contributed by atoms with Crippen molar-refractivity contribution in [1.82, 2.24) is 9.97 Å². The van der Waals surface area contributed by atoms with E-state index in [4.69, 9.17) is 4.74 Å². The summed E-state index contributed by atoms with van der Waals surface area (Å²) in [4.78, 5) is 19.1. The summed E-state index contributed by atoms with van der Waals surface area (Å²) in [6, 6.07) is 9.19. The Kier molecular flexibility index (Phi) is 3.14. The first-order valence-corrected chi connectivity index (χ1v) is 5.19. The molecule has 0 aliphatic rings. The first-order valence-electron chi connectivity index (χ1n) is 5.19. The third-order valence-electron chi connectivity index (χ3n) is 2.36. The molecule has 17 heavy (non-hydrogen) atoms. The minimum Gasteiger partial charge on any atom is -0.496 e. The van der Waals surface area contributed by atoms with Gasteiger partial charge in [0.1, 0.15) is 17.3 Å². The number of rotatable bonds is 3. The molecular weight excluding hydrogens is 216 g/mol. The summed E-state index contributed by atoms with van der Waals surface area (Å²) in [6.45, 7) is 1.76. The van der Waals surface area contributed by atoms with E-state index in [0.29, 0.717) is 23.5 Å². The van der Waals surface area contributed by atoms with Gasteiger partial charge >= 0.3 is 0 Å². The quantitative estimate of drug-likeness (QED) is 0.756. The van der Waals surface area contributed by atoms with E-state index in [1.807, 2.05) is 24.3 Å². The van der Waals surface area contributed by atoms with Gasteiger partial charge in [-0.2, -0.15) is 0 Å². The topological polar surface area (TPSA) is 52.1 Å². The maximum atomic E-state index is 10.8. The SMILES string of the molecule is COc1ccccc1-c1cc(C=O)nc(C)n1. The van der Waals surface area contributed by atoms with Gasteiger partial charge in [-0.3, -0.25) is 4.79 Å². The first kappa shape index (κ1) is 11.3. The number of nitrogens with zero attached hydrogens (tertiary/aromatic N) is 2. The zero-order valence-corrected chi connectivity index (χ0v) is 9.68. The Morgan fingerprint density at radius 2 is 2.00 bits per heavy atom. The van der Waals surface area contributed by atoms with Crippen LogP contribution in [0.3, 0.4) is 0 Å². The van der Waals surface area contributed by atoms with E-state index in [1.54, 1.807) is 20.1 Å². The highest BCUT2D eigenvalue weighted by Crippen LogP contribution is 2.28. The Morgan fingerprint density at radius 1 is 1.24 bits per heavy atom. The van der Waals surface area contributed by atoms with Crippen LogP contribution in [0, 0.1) is 6.92 Å². The molecule has 0 bridgehead atoms. The number of ether oxygens (including phenoxy) is 1. The largest absolute Gasteiger partial charge is 0.496 e. The summed E-state index contributed by atoms with van der Waals surface area (Å²) in [5, 5.41) is 0. The summed E-state index contributed by atoms with van der Waals surface area (Å²) in [5.41, 5.74) is 1.92. The van der Waals surface area contributed by atoms with E-state index >= 15 is 0 Å². The molecule has 1 aromatic heterocycles. The molecule has 0 radical (unpaired) electrons. The zero-order chi connectivity index (χ0) is 12.3. The van der Waals surface area contributed by atoms with Crippen LogP contribution < -0.4 is 4.74 Å². The molecule has 0 N–H and O–H groups in total. The number of carbonyl (C=O) groups is 1. The zero-order valence-electron chi connectivity index (χ0n) is 9.68. The van der Waals surface area contributed by atoms with Gasteiger partial charge < -0.3 is 4.74 Å². The molecule has 4 nitrogen and oxygen atoms in total. The molecule has 0 aliphatic heterocycles. The van der Waals surface area contributed by atoms with E-state index in [-0.39, 0.29) is 0 Å². The van der Waals surface area contributed by atoms with Crippen molar-refractivity contribution >= 4 is 6.29 Å². The fourth-order valence-corrected chi connectivity index (χ4v) is 1.65. The number of para-hydroxylation sites is 1. The van der Waals surface area contributed by atoms with Crippen LogP contribution >= 0.6 is 0 Å². The molecule has 1 aromatic carbocycles. The van der Waals surface area contributed by atoms with Gasteiger partial charge in [0.05, 0.1) is 12.8 Å². The average Bonchev–Trinajstić information content (AvgIpc) is 2.37. The number of aryl methyl sites for hydroxylation is 1. The lowest BCUT2D eigenvalue weighted by molar-refractivity contribution is 0.111.